The van der Waals surface area contributed by atoms with E-state index in [2.05, 4.69) is 4.74 Å². The van der Waals surface area contributed by atoms with Gasteiger partial charge in [-0.2, -0.15) is 8.78 Å². The first-order valence-electron chi connectivity index (χ1n) is 10.2. The van der Waals surface area contributed by atoms with Gasteiger partial charge in [-0.3, -0.25) is 0 Å². The number of carboxylic acids is 1. The molecule has 3 aromatic carbocycles. The maximum Gasteiger partial charge on any atom is 1.00 e. The van der Waals surface area contributed by atoms with Crippen LogP contribution in [0.2, 0.25) is 5.02 Å². The molecule has 0 aliphatic rings. The molecule has 4 aromatic rings. The summed E-state index contributed by atoms with van der Waals surface area (Å²) in [6.45, 7) is -0.816. The first-order chi connectivity index (χ1) is 16.3. The van der Waals surface area contributed by atoms with Crippen LogP contribution in [-0.2, 0) is 6.61 Å². The van der Waals surface area contributed by atoms with E-state index in [4.69, 9.17) is 16.3 Å². The second-order valence-corrected chi connectivity index (χ2v) is 8.78. The Kier molecular flexibility index (Phi) is 9.33. The maximum absolute atomic E-state index is 12.4. The van der Waals surface area contributed by atoms with Crippen molar-refractivity contribution in [1.29, 1.82) is 0 Å². The van der Waals surface area contributed by atoms with Crippen LogP contribution in [0.5, 0.6) is 11.5 Å². The molecular weight excluding hydrogens is 505 g/mol. The Bertz CT molecular complexity index is 1330. The zero-order valence-corrected chi connectivity index (χ0v) is 22.5. The fraction of sp³-hybridized carbons (Fsp3) is 0.115. The van der Waals surface area contributed by atoms with Gasteiger partial charge in [-0.15, -0.1) is 11.3 Å². The summed E-state index contributed by atoms with van der Waals surface area (Å²) in [6.07, 6.45) is 0. The van der Waals surface area contributed by atoms with Crippen molar-refractivity contribution in [2.75, 3.05) is 0 Å². The van der Waals surface area contributed by atoms with Crippen molar-refractivity contribution in [1.82, 2.24) is 0 Å². The first-order valence-corrected chi connectivity index (χ1v) is 11.4. The van der Waals surface area contributed by atoms with Gasteiger partial charge in [0.1, 0.15) is 18.1 Å². The number of carboxylic acid groups (broad SMARTS) is 1. The molecular formula is C26H18ClF2NaO4S. The third-order valence-electron chi connectivity index (χ3n) is 5.15. The Morgan fingerprint density at radius 3 is 2.40 bits per heavy atom. The standard InChI is InChI=1S/C26H19ClF2O4S.Na/c1-15-12-17(25(30)31)4-8-20(15)24-21(10-11-34-24)22-13-18(27)5-9-23(22)32-14-16-2-6-19(7-3-16)33-26(28)29;/h2-13,26H,14H2,1H3,(H,30,31);/q;+1/p-1. The fourth-order valence-corrected chi connectivity index (χ4v) is 4.72. The summed E-state index contributed by atoms with van der Waals surface area (Å²) in [5.41, 5.74) is 4.28. The molecule has 35 heavy (non-hydrogen) atoms. The molecule has 0 aliphatic heterocycles. The normalized spacial score (nSPS) is 10.7. The molecule has 0 fully saturated rings. The predicted octanol–water partition coefficient (Wildman–Crippen LogP) is 3.59. The Hall–Kier alpha value is -2.42. The van der Waals surface area contributed by atoms with Gasteiger partial charge in [-0.25, -0.2) is 0 Å². The third kappa shape index (κ3) is 6.63. The molecule has 0 amide bonds. The molecule has 0 bridgehead atoms. The number of thiophene rings is 1. The molecule has 0 saturated carbocycles. The van der Waals surface area contributed by atoms with Crippen LogP contribution in [0.4, 0.5) is 8.78 Å². The number of rotatable bonds is 8. The number of aryl methyl sites for hydroxylation is 1. The van der Waals surface area contributed by atoms with Crippen LogP contribution in [0.15, 0.2) is 72.1 Å². The van der Waals surface area contributed by atoms with Crippen molar-refractivity contribution in [3.8, 4) is 33.1 Å². The summed E-state index contributed by atoms with van der Waals surface area (Å²) < 4.78 is 35.1. The van der Waals surface area contributed by atoms with E-state index in [1.807, 2.05) is 24.4 Å². The number of carbonyl (C=O) groups excluding carboxylic acids is 1. The molecule has 1 aromatic heterocycles. The first kappa shape index (κ1) is 27.2. The molecule has 0 radical (unpaired) electrons. The van der Waals surface area contributed by atoms with E-state index in [1.54, 1.807) is 36.4 Å². The van der Waals surface area contributed by atoms with Crippen molar-refractivity contribution >= 4 is 28.9 Å². The van der Waals surface area contributed by atoms with E-state index < -0.39 is 12.6 Å². The van der Waals surface area contributed by atoms with E-state index in [0.717, 1.165) is 32.7 Å². The monoisotopic (exact) mass is 522 g/mol. The summed E-state index contributed by atoms with van der Waals surface area (Å²) in [5, 5.41) is 13.7. The van der Waals surface area contributed by atoms with Gasteiger partial charge in [0.25, 0.3) is 0 Å². The Labute approximate surface area is 232 Å². The molecule has 0 atom stereocenters. The van der Waals surface area contributed by atoms with Crippen LogP contribution >= 0.6 is 22.9 Å². The molecule has 0 N–H and O–H groups in total. The van der Waals surface area contributed by atoms with Gasteiger partial charge in [-0.05, 0) is 77.0 Å². The van der Waals surface area contributed by atoms with Gasteiger partial charge in [0.15, 0.2) is 0 Å². The van der Waals surface area contributed by atoms with E-state index in [0.29, 0.717) is 10.8 Å². The summed E-state index contributed by atoms with van der Waals surface area (Å²) in [4.78, 5) is 12.1. The van der Waals surface area contributed by atoms with Crippen LogP contribution in [0, 0.1) is 6.92 Å². The van der Waals surface area contributed by atoms with E-state index in [9.17, 15) is 18.7 Å². The SMILES string of the molecule is Cc1cc(C(=O)[O-])ccc1-c1sccc1-c1cc(Cl)ccc1OCc1ccc(OC(F)F)cc1.[Na+]. The minimum atomic E-state index is -2.88. The number of carbonyl (C=O) groups is 1. The van der Waals surface area contributed by atoms with Crippen LogP contribution in [0.3, 0.4) is 0 Å². The number of ether oxygens (including phenoxy) is 2. The van der Waals surface area contributed by atoms with E-state index in [-0.39, 0.29) is 47.5 Å². The van der Waals surface area contributed by atoms with Crippen molar-refractivity contribution in [2.24, 2.45) is 0 Å². The van der Waals surface area contributed by atoms with E-state index >= 15 is 0 Å². The molecule has 4 nitrogen and oxygen atoms in total. The second kappa shape index (κ2) is 12.0. The minimum Gasteiger partial charge on any atom is -0.545 e. The molecule has 9 heteroatoms. The Morgan fingerprint density at radius 1 is 1.00 bits per heavy atom. The number of halogens is 3. The van der Waals surface area contributed by atoms with Gasteiger partial charge in [0, 0.05) is 21.0 Å². The topological polar surface area (TPSA) is 58.6 Å². The maximum atomic E-state index is 12.4. The smallest absolute Gasteiger partial charge is 0.545 e. The fourth-order valence-electron chi connectivity index (χ4n) is 3.54. The molecule has 174 valence electrons. The van der Waals surface area contributed by atoms with Gasteiger partial charge >= 0.3 is 36.2 Å². The molecule has 4 rings (SSSR count). The number of hydrogen-bond donors (Lipinski definition) is 0. The van der Waals surface area contributed by atoms with Gasteiger partial charge in [0.05, 0.1) is 5.97 Å². The van der Waals surface area contributed by atoms with Gasteiger partial charge in [0.2, 0.25) is 0 Å². The Balaban J connectivity index is 0.00000342. The number of hydrogen-bond acceptors (Lipinski definition) is 5. The third-order valence-corrected chi connectivity index (χ3v) is 6.33. The average molecular weight is 523 g/mol. The number of alkyl halides is 2. The largest absolute Gasteiger partial charge is 1.00 e. The average Bonchev–Trinajstić information content (AvgIpc) is 3.28. The number of benzene rings is 3. The molecule has 1 heterocycles. The van der Waals surface area contributed by atoms with E-state index in [1.165, 1.54) is 29.5 Å². The van der Waals surface area contributed by atoms with Gasteiger partial charge < -0.3 is 19.4 Å². The van der Waals surface area contributed by atoms with Crippen molar-refractivity contribution in [2.45, 2.75) is 20.1 Å². The molecule has 0 unspecified atom stereocenters. The summed E-state index contributed by atoms with van der Waals surface area (Å²) in [6, 6.07) is 18.4. The van der Waals surface area contributed by atoms with Crippen LogP contribution < -0.4 is 44.1 Å². The Morgan fingerprint density at radius 2 is 1.74 bits per heavy atom. The predicted molar refractivity (Wildman–Crippen MR) is 127 cm³/mol. The molecule has 0 saturated heterocycles. The van der Waals surface area contributed by atoms with Crippen molar-refractivity contribution in [3.63, 3.8) is 0 Å². The zero-order chi connectivity index (χ0) is 24.2. The minimum absolute atomic E-state index is 0. The summed E-state index contributed by atoms with van der Waals surface area (Å²) in [7, 11) is 0. The second-order valence-electron chi connectivity index (χ2n) is 7.43. The van der Waals surface area contributed by atoms with Crippen molar-refractivity contribution in [3.05, 3.63) is 93.8 Å². The summed E-state index contributed by atoms with van der Waals surface area (Å²) in [5.74, 6) is -0.546. The van der Waals surface area contributed by atoms with Gasteiger partial charge in [-0.1, -0.05) is 35.9 Å². The molecule has 0 spiro atoms. The van der Waals surface area contributed by atoms with Crippen LogP contribution in [0.25, 0.3) is 21.6 Å². The molecule has 0 aliphatic carbocycles. The summed E-state index contributed by atoms with van der Waals surface area (Å²) >= 11 is 7.82. The van der Waals surface area contributed by atoms with Crippen LogP contribution in [0.1, 0.15) is 21.5 Å². The van der Waals surface area contributed by atoms with Crippen molar-refractivity contribution < 1.29 is 57.7 Å². The number of aromatic carboxylic acids is 1. The zero-order valence-electron chi connectivity index (χ0n) is 18.9. The van der Waals surface area contributed by atoms with Crippen LogP contribution in [-0.4, -0.2) is 12.6 Å². The quantitative estimate of drug-likeness (QED) is 0.332.